The number of hydrogen-bond donors (Lipinski definition) is 3. The Hall–Kier alpha value is -0.810. The summed E-state index contributed by atoms with van der Waals surface area (Å²) in [5.41, 5.74) is 0. The van der Waals surface area contributed by atoms with Crippen molar-refractivity contribution >= 4 is 6.09 Å². The summed E-state index contributed by atoms with van der Waals surface area (Å²) >= 11 is 0. The quantitative estimate of drug-likeness (QED) is 0.629. The second kappa shape index (κ2) is 9.15. The van der Waals surface area contributed by atoms with E-state index >= 15 is 0 Å². The molecular weight excluding hydrogens is 246 g/mol. The summed E-state index contributed by atoms with van der Waals surface area (Å²) in [6, 6.07) is 0. The van der Waals surface area contributed by atoms with E-state index in [1.54, 1.807) is 0 Å². The predicted octanol–water partition coefficient (Wildman–Crippen LogP) is 1.63. The first-order valence-electron chi connectivity index (χ1n) is 6.99. The van der Waals surface area contributed by atoms with Crippen molar-refractivity contribution in [2.24, 2.45) is 23.7 Å². The van der Waals surface area contributed by atoms with E-state index < -0.39 is 18.8 Å². The highest BCUT2D eigenvalue weighted by atomic mass is 16.6. The maximum atomic E-state index is 11.5. The summed E-state index contributed by atoms with van der Waals surface area (Å²) in [5.74, 6) is 1.92. The Morgan fingerprint density at radius 1 is 1.16 bits per heavy atom. The Morgan fingerprint density at radius 3 is 2.16 bits per heavy atom. The van der Waals surface area contributed by atoms with Crippen molar-refractivity contribution < 1.29 is 19.7 Å². The van der Waals surface area contributed by atoms with Crippen LogP contribution in [0, 0.1) is 23.7 Å². The van der Waals surface area contributed by atoms with Crippen molar-refractivity contribution in [1.29, 1.82) is 0 Å². The minimum atomic E-state index is -1.01. The molecule has 0 spiro atoms. The van der Waals surface area contributed by atoms with E-state index in [1.165, 1.54) is 0 Å². The fraction of sp³-hybridized carbons (Fsp3) is 0.929. The number of alkyl carbamates (subject to hydrolysis) is 1. The standard InChI is InChI=1S/C14H29NO4/c1-9(2)11(5)13(10(3)4)6-15-14(18)19-8-12(17)7-16/h9-13,16-17H,6-8H2,1-5H3,(H,15,18). The first kappa shape index (κ1) is 18.2. The van der Waals surface area contributed by atoms with Gasteiger partial charge in [-0.05, 0) is 23.7 Å². The Morgan fingerprint density at radius 2 is 1.74 bits per heavy atom. The van der Waals surface area contributed by atoms with Crippen molar-refractivity contribution in [1.82, 2.24) is 5.32 Å². The average molecular weight is 275 g/mol. The number of rotatable bonds is 8. The summed E-state index contributed by atoms with van der Waals surface area (Å²) in [4.78, 5) is 11.5. The van der Waals surface area contributed by atoms with Crippen LogP contribution in [-0.4, -0.2) is 42.2 Å². The highest BCUT2D eigenvalue weighted by Gasteiger charge is 2.24. The van der Waals surface area contributed by atoms with Crippen LogP contribution in [0.3, 0.4) is 0 Å². The summed E-state index contributed by atoms with van der Waals surface area (Å²) in [6.45, 7) is 10.8. The van der Waals surface area contributed by atoms with Gasteiger partial charge in [0.2, 0.25) is 0 Å². The van der Waals surface area contributed by atoms with Crippen molar-refractivity contribution in [3.63, 3.8) is 0 Å². The summed E-state index contributed by atoms with van der Waals surface area (Å²) in [6.07, 6.45) is -1.56. The highest BCUT2D eigenvalue weighted by Crippen LogP contribution is 2.26. The van der Waals surface area contributed by atoms with Gasteiger partial charge in [0, 0.05) is 6.54 Å². The molecular formula is C14H29NO4. The molecule has 5 nitrogen and oxygen atoms in total. The molecule has 5 heteroatoms. The van der Waals surface area contributed by atoms with Gasteiger partial charge < -0.3 is 20.3 Å². The number of nitrogens with one attached hydrogen (secondary N) is 1. The molecule has 0 aromatic carbocycles. The maximum Gasteiger partial charge on any atom is 0.407 e. The molecule has 3 atom stereocenters. The fourth-order valence-corrected chi connectivity index (χ4v) is 2.00. The van der Waals surface area contributed by atoms with Crippen LogP contribution in [0.5, 0.6) is 0 Å². The minimum absolute atomic E-state index is 0.186. The molecule has 0 radical (unpaired) electrons. The molecule has 3 N–H and O–H groups in total. The zero-order valence-electron chi connectivity index (χ0n) is 12.7. The van der Waals surface area contributed by atoms with Gasteiger partial charge in [-0.3, -0.25) is 0 Å². The molecule has 1 amide bonds. The Labute approximate surface area is 116 Å². The van der Waals surface area contributed by atoms with Crippen molar-refractivity contribution in [2.45, 2.75) is 40.7 Å². The van der Waals surface area contributed by atoms with Gasteiger partial charge in [0.05, 0.1) is 6.61 Å². The SMILES string of the molecule is CC(C)C(C)C(CNC(=O)OCC(O)CO)C(C)C. The van der Waals surface area contributed by atoms with Gasteiger partial charge in [-0.1, -0.05) is 34.6 Å². The summed E-state index contributed by atoms with van der Waals surface area (Å²) in [5, 5.41) is 20.4. The lowest BCUT2D eigenvalue weighted by molar-refractivity contribution is 0.0313. The maximum absolute atomic E-state index is 11.5. The average Bonchev–Trinajstić information content (AvgIpc) is 2.35. The van der Waals surface area contributed by atoms with Crippen LogP contribution in [0.2, 0.25) is 0 Å². The number of ether oxygens (including phenoxy) is 1. The Bertz CT molecular complexity index is 256. The molecule has 0 saturated carbocycles. The third kappa shape index (κ3) is 7.38. The lowest BCUT2D eigenvalue weighted by atomic mass is 9.78. The normalized spacial score (nSPS) is 16.3. The minimum Gasteiger partial charge on any atom is -0.447 e. The fourth-order valence-electron chi connectivity index (χ4n) is 2.00. The molecule has 0 aliphatic heterocycles. The molecule has 0 fully saturated rings. The second-order valence-corrected chi connectivity index (χ2v) is 5.83. The largest absolute Gasteiger partial charge is 0.447 e. The molecule has 114 valence electrons. The highest BCUT2D eigenvalue weighted by molar-refractivity contribution is 5.67. The van der Waals surface area contributed by atoms with Crippen LogP contribution in [-0.2, 0) is 4.74 Å². The molecule has 19 heavy (non-hydrogen) atoms. The van der Waals surface area contributed by atoms with Gasteiger partial charge in [0.25, 0.3) is 0 Å². The van der Waals surface area contributed by atoms with Gasteiger partial charge in [-0.15, -0.1) is 0 Å². The second-order valence-electron chi connectivity index (χ2n) is 5.83. The van der Waals surface area contributed by atoms with E-state index in [4.69, 9.17) is 14.9 Å². The van der Waals surface area contributed by atoms with E-state index in [0.29, 0.717) is 30.2 Å². The molecule has 0 heterocycles. The van der Waals surface area contributed by atoms with E-state index in [0.717, 1.165) is 0 Å². The van der Waals surface area contributed by atoms with Crippen molar-refractivity contribution in [3.8, 4) is 0 Å². The molecule has 0 saturated heterocycles. The number of carbonyl (C=O) groups is 1. The third-order valence-electron chi connectivity index (χ3n) is 3.68. The van der Waals surface area contributed by atoms with E-state index in [-0.39, 0.29) is 6.61 Å². The number of amides is 1. The van der Waals surface area contributed by atoms with Gasteiger partial charge >= 0.3 is 6.09 Å². The van der Waals surface area contributed by atoms with Crippen LogP contribution in [0.25, 0.3) is 0 Å². The zero-order chi connectivity index (χ0) is 15.0. The van der Waals surface area contributed by atoms with Crippen LogP contribution in [0.15, 0.2) is 0 Å². The number of aliphatic hydroxyl groups is 2. The molecule has 0 aliphatic rings. The molecule has 0 aliphatic carbocycles. The zero-order valence-corrected chi connectivity index (χ0v) is 12.7. The lowest BCUT2D eigenvalue weighted by Gasteiger charge is -2.30. The summed E-state index contributed by atoms with van der Waals surface area (Å²) < 4.78 is 4.81. The molecule has 0 aromatic rings. The van der Waals surface area contributed by atoms with Crippen molar-refractivity contribution in [3.05, 3.63) is 0 Å². The molecule has 0 aromatic heterocycles. The Kier molecular flexibility index (Phi) is 8.76. The lowest BCUT2D eigenvalue weighted by Crippen LogP contribution is -2.37. The van der Waals surface area contributed by atoms with Crippen LogP contribution in [0.1, 0.15) is 34.6 Å². The molecule has 0 rings (SSSR count). The first-order valence-corrected chi connectivity index (χ1v) is 6.99. The number of hydrogen-bond acceptors (Lipinski definition) is 4. The summed E-state index contributed by atoms with van der Waals surface area (Å²) in [7, 11) is 0. The molecule has 3 unspecified atom stereocenters. The number of carbonyl (C=O) groups excluding carboxylic acids is 1. The van der Waals surface area contributed by atoms with Crippen molar-refractivity contribution in [2.75, 3.05) is 19.8 Å². The van der Waals surface area contributed by atoms with Crippen LogP contribution >= 0.6 is 0 Å². The van der Waals surface area contributed by atoms with Gasteiger partial charge in [-0.2, -0.15) is 0 Å². The Balaban J connectivity index is 4.15. The molecule has 0 bridgehead atoms. The van der Waals surface area contributed by atoms with E-state index in [1.807, 2.05) is 0 Å². The number of aliphatic hydroxyl groups excluding tert-OH is 2. The van der Waals surface area contributed by atoms with E-state index in [9.17, 15) is 4.79 Å². The van der Waals surface area contributed by atoms with E-state index in [2.05, 4.69) is 39.9 Å². The van der Waals surface area contributed by atoms with Crippen LogP contribution < -0.4 is 5.32 Å². The van der Waals surface area contributed by atoms with Gasteiger partial charge in [0.15, 0.2) is 0 Å². The van der Waals surface area contributed by atoms with Gasteiger partial charge in [0.1, 0.15) is 12.7 Å². The first-order chi connectivity index (χ1) is 8.79. The van der Waals surface area contributed by atoms with Crippen LogP contribution in [0.4, 0.5) is 4.79 Å². The topological polar surface area (TPSA) is 78.8 Å². The van der Waals surface area contributed by atoms with Gasteiger partial charge in [-0.25, -0.2) is 4.79 Å². The third-order valence-corrected chi connectivity index (χ3v) is 3.68. The predicted molar refractivity (Wildman–Crippen MR) is 74.8 cm³/mol. The smallest absolute Gasteiger partial charge is 0.407 e. The monoisotopic (exact) mass is 275 g/mol.